The summed E-state index contributed by atoms with van der Waals surface area (Å²) < 4.78 is 73.8. The van der Waals surface area contributed by atoms with Crippen LogP contribution in [0.3, 0.4) is 0 Å². The standard InChI is InChI=1S/C74H73Cl3FN5O11Si/c1-12-38-89-42-57(43-91-74(49-18-14-13-15-19-49,50-24-30-54(86-7)31-25-50)51-26-32-55(87-8)33-27-51)92-69-62(75)45(2)66(46(3)63(69)76)83-67(47-22-28-52(78)29-23-47)64(77)65-68(83)71(81-44-80-65)93-61(72(84)85)40-48-39-56(94-95(10,11)73(4,5)6)34-35-59(48)90-41-53-36-37-79-70(82-53)58-20-16-17-21-60(58)88-9/h12-37,39,44,57,61H,1,38,40-43H2,2-11H3,(H,84,85)/t57-,61?/m1/s1. The van der Waals surface area contributed by atoms with Gasteiger partial charge in [0, 0.05) is 23.7 Å². The summed E-state index contributed by atoms with van der Waals surface area (Å²) in [6.07, 6.45) is 1.74. The summed E-state index contributed by atoms with van der Waals surface area (Å²) in [5.41, 5.74) is 5.19. The third kappa shape index (κ3) is 14.8. The minimum Gasteiger partial charge on any atom is -0.543 e. The highest BCUT2D eigenvalue weighted by Gasteiger charge is 2.41. The fraction of sp³-hybridized carbons (Fsp3) is 0.257. The Balaban J connectivity index is 1.06. The van der Waals surface area contributed by atoms with E-state index in [1.54, 1.807) is 82.3 Å². The first-order valence-electron chi connectivity index (χ1n) is 30.5. The third-order valence-electron chi connectivity index (χ3n) is 16.8. The van der Waals surface area contributed by atoms with Crippen molar-refractivity contribution < 1.29 is 56.6 Å². The molecule has 7 aromatic carbocycles. The SMILES string of the molecule is C=CCOC[C@H](COC(c1ccccc1)(c1ccc(OC)cc1)c1ccc(OC)cc1)Oc1c(Cl)c(C)c(-n2c(-c3ccc(F)cc3)c(Cl)c3ncnc(OC(Cc4cc(O[Si](C)(C)C(C)(C)C)ccc4OCc4ccnc(-c5ccccc5OC)n4)C(=O)O)c32)c(C)c1Cl. The maximum Gasteiger partial charge on any atom is 0.345 e. The van der Waals surface area contributed by atoms with Crippen molar-refractivity contribution in [2.24, 2.45) is 0 Å². The number of methoxy groups -OCH3 is 3. The quantitative estimate of drug-likeness (QED) is 0.0212. The number of carboxylic acid groups (broad SMARTS) is 1. The number of halogens is 4. The Labute approximate surface area is 568 Å². The van der Waals surface area contributed by atoms with E-state index in [2.05, 4.69) is 55.4 Å². The first-order valence-corrected chi connectivity index (χ1v) is 34.6. The molecule has 1 N–H and O–H groups in total. The second-order valence-corrected chi connectivity index (χ2v) is 29.8. The lowest BCUT2D eigenvalue weighted by atomic mass is 9.80. The Bertz CT molecular complexity index is 4290. The topological polar surface area (TPSA) is 177 Å². The molecule has 1 unspecified atom stereocenters. The minimum atomic E-state index is -2.43. The number of benzene rings is 7. The lowest BCUT2D eigenvalue weighted by Crippen LogP contribution is -2.43. The van der Waals surface area contributed by atoms with Crippen molar-refractivity contribution in [1.82, 2.24) is 24.5 Å². The highest BCUT2D eigenvalue weighted by molar-refractivity contribution is 6.74. The molecule has 0 aliphatic rings. The van der Waals surface area contributed by atoms with Crippen molar-refractivity contribution in [3.05, 3.63) is 237 Å². The summed E-state index contributed by atoms with van der Waals surface area (Å²) in [7, 11) is 2.37. The first kappa shape index (κ1) is 68.8. The van der Waals surface area contributed by atoms with E-state index >= 15 is 0 Å². The van der Waals surface area contributed by atoms with Gasteiger partial charge in [-0.2, -0.15) is 4.98 Å². The fourth-order valence-electron chi connectivity index (χ4n) is 10.9. The second kappa shape index (κ2) is 29.7. The molecule has 21 heteroatoms. The van der Waals surface area contributed by atoms with Crippen molar-refractivity contribution >= 4 is 60.1 Å². The van der Waals surface area contributed by atoms with Crippen LogP contribution in [0.5, 0.6) is 40.4 Å². The van der Waals surface area contributed by atoms with Gasteiger partial charge in [0.05, 0.1) is 78.9 Å². The van der Waals surface area contributed by atoms with Crippen LogP contribution < -0.4 is 32.8 Å². The molecule has 16 nitrogen and oxygen atoms in total. The average Bonchev–Trinajstić information content (AvgIpc) is 1.65. The van der Waals surface area contributed by atoms with E-state index in [1.807, 2.05) is 109 Å². The zero-order valence-corrected chi connectivity index (χ0v) is 57.6. The summed E-state index contributed by atoms with van der Waals surface area (Å²) in [4.78, 5) is 32.4. The van der Waals surface area contributed by atoms with Gasteiger partial charge in [-0.3, -0.25) is 0 Å². The molecule has 0 saturated heterocycles. The Hall–Kier alpha value is -9.01. The van der Waals surface area contributed by atoms with Gasteiger partial charge < -0.3 is 52.0 Å². The molecule has 0 aliphatic heterocycles. The Morgan fingerprint density at radius 1 is 0.716 bits per heavy atom. The summed E-state index contributed by atoms with van der Waals surface area (Å²) in [5, 5.41) is 11.4. The van der Waals surface area contributed by atoms with E-state index in [0.29, 0.717) is 79.5 Å². The van der Waals surface area contributed by atoms with Crippen molar-refractivity contribution in [3.63, 3.8) is 0 Å². The molecule has 10 aromatic rings. The van der Waals surface area contributed by atoms with Crippen LogP contribution in [0.2, 0.25) is 33.2 Å². The van der Waals surface area contributed by atoms with Crippen LogP contribution in [0, 0.1) is 19.7 Å². The number of fused-ring (bicyclic) bond motifs is 1. The zero-order valence-electron chi connectivity index (χ0n) is 54.3. The van der Waals surface area contributed by atoms with Crippen molar-refractivity contribution in [1.29, 1.82) is 0 Å². The van der Waals surface area contributed by atoms with Crippen LogP contribution in [0.1, 0.15) is 59.8 Å². The van der Waals surface area contributed by atoms with Gasteiger partial charge in [-0.25, -0.2) is 24.1 Å². The molecule has 10 rings (SSSR count). The Kier molecular flexibility index (Phi) is 21.5. The van der Waals surface area contributed by atoms with Gasteiger partial charge in [-0.1, -0.05) is 128 Å². The molecule has 0 bridgehead atoms. The highest BCUT2D eigenvalue weighted by Crippen LogP contribution is 2.50. The minimum absolute atomic E-state index is 0.000910. The van der Waals surface area contributed by atoms with Crippen molar-refractivity contribution in [2.75, 3.05) is 41.2 Å². The van der Waals surface area contributed by atoms with Crippen LogP contribution in [0.4, 0.5) is 4.39 Å². The molecule has 492 valence electrons. The van der Waals surface area contributed by atoms with Gasteiger partial charge in [0.2, 0.25) is 20.3 Å². The number of hydrogen-bond donors (Lipinski definition) is 1. The molecule has 0 aliphatic carbocycles. The molecule has 0 saturated carbocycles. The number of carboxylic acids is 1. The van der Waals surface area contributed by atoms with Gasteiger partial charge in [0.25, 0.3) is 0 Å². The second-order valence-electron chi connectivity index (χ2n) is 24.0. The predicted octanol–water partition coefficient (Wildman–Crippen LogP) is 17.3. The molecule has 95 heavy (non-hydrogen) atoms. The van der Waals surface area contributed by atoms with Crippen LogP contribution in [-0.2, 0) is 32.9 Å². The van der Waals surface area contributed by atoms with E-state index in [4.69, 9.17) is 82.1 Å². The van der Waals surface area contributed by atoms with Gasteiger partial charge in [-0.05, 0) is 145 Å². The molecule has 3 heterocycles. The lowest BCUT2D eigenvalue weighted by molar-refractivity contribution is -0.145. The number of nitrogens with zero attached hydrogens (tertiary/aromatic N) is 5. The van der Waals surface area contributed by atoms with Gasteiger partial charge >= 0.3 is 5.97 Å². The number of aliphatic carboxylic acids is 1. The van der Waals surface area contributed by atoms with E-state index < -0.39 is 37.9 Å². The van der Waals surface area contributed by atoms with Crippen LogP contribution >= 0.6 is 34.8 Å². The summed E-state index contributed by atoms with van der Waals surface area (Å²) in [6, 6.07) is 45.4. The molecular weight excluding hydrogens is 1290 g/mol. The fourth-order valence-corrected chi connectivity index (χ4v) is 12.8. The molecule has 0 amide bonds. The van der Waals surface area contributed by atoms with Crippen LogP contribution in [-0.4, -0.2) is 97.3 Å². The normalized spacial score (nSPS) is 12.4. The first-order chi connectivity index (χ1) is 45.6. The third-order valence-corrected chi connectivity index (χ3v) is 22.5. The molecule has 0 spiro atoms. The summed E-state index contributed by atoms with van der Waals surface area (Å²) in [6.45, 7) is 18.2. The van der Waals surface area contributed by atoms with Gasteiger partial charge in [-0.15, -0.1) is 6.58 Å². The number of hydrogen-bond acceptors (Lipinski definition) is 14. The number of para-hydroxylation sites is 1. The van der Waals surface area contributed by atoms with Crippen LogP contribution in [0.15, 0.2) is 177 Å². The van der Waals surface area contributed by atoms with E-state index in [1.165, 1.54) is 18.5 Å². The van der Waals surface area contributed by atoms with E-state index in [0.717, 1.165) is 16.7 Å². The maximum atomic E-state index is 14.9. The zero-order chi connectivity index (χ0) is 67.8. The monoisotopic (exact) mass is 1360 g/mol. The number of rotatable bonds is 28. The number of carbonyl (C=O) groups is 1. The van der Waals surface area contributed by atoms with Gasteiger partial charge in [0.15, 0.2) is 11.6 Å². The Morgan fingerprint density at radius 3 is 1.95 bits per heavy atom. The maximum absolute atomic E-state index is 14.9. The van der Waals surface area contributed by atoms with E-state index in [-0.39, 0.29) is 75.6 Å². The molecule has 3 aromatic heterocycles. The molecule has 0 radical (unpaired) electrons. The van der Waals surface area contributed by atoms with Crippen molar-refractivity contribution in [2.45, 2.75) is 83.6 Å². The Morgan fingerprint density at radius 2 is 1.34 bits per heavy atom. The van der Waals surface area contributed by atoms with Crippen molar-refractivity contribution in [3.8, 4) is 68.7 Å². The highest BCUT2D eigenvalue weighted by atomic mass is 35.5. The molecule has 2 atom stereocenters. The smallest absolute Gasteiger partial charge is 0.345 e. The number of aromatic nitrogens is 5. The average molecular weight is 1360 g/mol. The summed E-state index contributed by atoms with van der Waals surface area (Å²) >= 11 is 22.7. The van der Waals surface area contributed by atoms with E-state index in [9.17, 15) is 14.3 Å². The number of ether oxygens (including phenoxy) is 8. The summed E-state index contributed by atoms with van der Waals surface area (Å²) in [5.74, 6) is 1.34. The largest absolute Gasteiger partial charge is 0.543 e. The van der Waals surface area contributed by atoms with Crippen LogP contribution in [0.25, 0.3) is 39.4 Å². The molecule has 0 fully saturated rings. The lowest BCUT2D eigenvalue weighted by Gasteiger charge is -2.37. The van der Waals surface area contributed by atoms with Gasteiger partial charge in [0.1, 0.15) is 70.2 Å². The molecular formula is C74H73Cl3FN5O11Si. The predicted molar refractivity (Wildman–Crippen MR) is 371 cm³/mol.